The molecule has 0 unspecified atom stereocenters. The number of ether oxygens (including phenoxy) is 2. The van der Waals surface area contributed by atoms with Crippen molar-refractivity contribution in [3.8, 4) is 0 Å². The van der Waals surface area contributed by atoms with Gasteiger partial charge in [0.1, 0.15) is 0 Å². The molecule has 0 heterocycles. The number of carbonyl (C=O) groups excluding carboxylic acids is 2. The van der Waals surface area contributed by atoms with Crippen molar-refractivity contribution in [2.24, 2.45) is 0 Å². The minimum Gasteiger partial charge on any atom is -0.462 e. The first-order valence-electron chi connectivity index (χ1n) is 9.11. The molecule has 1 aromatic carbocycles. The van der Waals surface area contributed by atoms with Crippen molar-refractivity contribution in [2.45, 2.75) is 65.7 Å². The van der Waals surface area contributed by atoms with E-state index in [-0.39, 0.29) is 13.2 Å². The van der Waals surface area contributed by atoms with Gasteiger partial charge in [-0.05, 0) is 38.3 Å². The van der Waals surface area contributed by atoms with Gasteiger partial charge in [-0.2, -0.15) is 0 Å². The molecule has 0 N–H and O–H groups in total. The van der Waals surface area contributed by atoms with Crippen molar-refractivity contribution >= 4 is 11.9 Å². The van der Waals surface area contributed by atoms with Crippen LogP contribution >= 0.6 is 0 Å². The van der Waals surface area contributed by atoms with Gasteiger partial charge in [-0.3, -0.25) is 0 Å². The van der Waals surface area contributed by atoms with Crippen LogP contribution in [0.5, 0.6) is 0 Å². The Labute approximate surface area is 145 Å². The second kappa shape index (κ2) is 11.7. The summed E-state index contributed by atoms with van der Waals surface area (Å²) in [5.74, 6) is -0.910. The Morgan fingerprint density at radius 1 is 0.833 bits per heavy atom. The van der Waals surface area contributed by atoms with E-state index < -0.39 is 11.9 Å². The maximum atomic E-state index is 12.3. The summed E-state index contributed by atoms with van der Waals surface area (Å²) in [6.45, 7) is 6.28. The second-order valence-corrected chi connectivity index (χ2v) is 5.80. The van der Waals surface area contributed by atoms with Gasteiger partial charge in [-0.25, -0.2) is 9.59 Å². The lowest BCUT2D eigenvalue weighted by molar-refractivity contribution is 0.0477. The largest absolute Gasteiger partial charge is 0.462 e. The van der Waals surface area contributed by atoms with Crippen LogP contribution in [0.1, 0.15) is 85.6 Å². The van der Waals surface area contributed by atoms with Gasteiger partial charge in [0.2, 0.25) is 0 Å². The van der Waals surface area contributed by atoms with Gasteiger partial charge < -0.3 is 9.47 Å². The number of benzene rings is 1. The molecule has 0 atom stereocenters. The first-order valence-corrected chi connectivity index (χ1v) is 9.11. The fourth-order valence-corrected chi connectivity index (χ4v) is 2.73. The minimum atomic E-state index is -0.467. The highest BCUT2D eigenvalue weighted by Gasteiger charge is 2.22. The molecule has 0 aliphatic rings. The van der Waals surface area contributed by atoms with Crippen LogP contribution in [-0.4, -0.2) is 25.2 Å². The number of hydrogen-bond acceptors (Lipinski definition) is 4. The van der Waals surface area contributed by atoms with Gasteiger partial charge in [0.25, 0.3) is 0 Å². The lowest BCUT2D eigenvalue weighted by Gasteiger charge is -2.13. The quantitative estimate of drug-likeness (QED) is 0.425. The van der Waals surface area contributed by atoms with Crippen LogP contribution in [0.4, 0.5) is 0 Å². The van der Waals surface area contributed by atoms with Crippen LogP contribution in [0.25, 0.3) is 0 Å². The zero-order valence-electron chi connectivity index (χ0n) is 15.2. The predicted molar refractivity (Wildman–Crippen MR) is 95.4 cm³/mol. The molecular weight excluding hydrogens is 304 g/mol. The summed E-state index contributed by atoms with van der Waals surface area (Å²) in [5, 5.41) is 0. The number of rotatable bonds is 11. The summed E-state index contributed by atoms with van der Waals surface area (Å²) in [6, 6.07) is 5.34. The molecule has 0 fully saturated rings. The smallest absolute Gasteiger partial charge is 0.339 e. The third-order valence-electron chi connectivity index (χ3n) is 3.93. The van der Waals surface area contributed by atoms with Gasteiger partial charge >= 0.3 is 11.9 Å². The minimum absolute atomic E-state index is 0.281. The maximum Gasteiger partial charge on any atom is 0.339 e. The molecule has 4 heteroatoms. The summed E-state index contributed by atoms with van der Waals surface area (Å²) in [4.78, 5) is 24.5. The van der Waals surface area contributed by atoms with E-state index in [4.69, 9.17) is 9.47 Å². The van der Waals surface area contributed by atoms with E-state index in [2.05, 4.69) is 6.92 Å². The second-order valence-electron chi connectivity index (χ2n) is 5.80. The summed E-state index contributed by atoms with van der Waals surface area (Å²) in [6.07, 6.45) is 7.87. The van der Waals surface area contributed by atoms with Gasteiger partial charge in [0.05, 0.1) is 24.3 Å². The van der Waals surface area contributed by atoms with E-state index >= 15 is 0 Å². The van der Waals surface area contributed by atoms with Crippen LogP contribution < -0.4 is 0 Å². The standard InChI is InChI=1S/C20H30O4/c1-4-7-8-9-10-11-13-16-14-12-15-17(19(21)23-5-2)18(16)20(22)24-6-3/h12,14-15H,4-11,13H2,1-3H3. The SMILES string of the molecule is CCCCCCCCc1cccc(C(=O)OCC)c1C(=O)OCC. The number of hydrogen-bond donors (Lipinski definition) is 0. The Kier molecular flexibility index (Phi) is 9.81. The van der Waals surface area contributed by atoms with E-state index in [1.807, 2.05) is 6.07 Å². The Balaban J connectivity index is 2.87. The average Bonchev–Trinajstić information content (AvgIpc) is 2.58. The van der Waals surface area contributed by atoms with Crippen LogP contribution in [-0.2, 0) is 15.9 Å². The monoisotopic (exact) mass is 334 g/mol. The molecule has 0 aliphatic heterocycles. The highest BCUT2D eigenvalue weighted by molar-refractivity contribution is 6.04. The Hall–Kier alpha value is -1.84. The zero-order chi connectivity index (χ0) is 17.8. The zero-order valence-corrected chi connectivity index (χ0v) is 15.2. The maximum absolute atomic E-state index is 12.3. The van der Waals surface area contributed by atoms with Crippen LogP contribution in [0.2, 0.25) is 0 Å². The average molecular weight is 334 g/mol. The molecule has 0 saturated heterocycles. The lowest BCUT2D eigenvalue weighted by Crippen LogP contribution is -2.16. The van der Waals surface area contributed by atoms with Crippen molar-refractivity contribution < 1.29 is 19.1 Å². The molecular formula is C20H30O4. The van der Waals surface area contributed by atoms with E-state index in [0.717, 1.165) is 24.8 Å². The Bertz CT molecular complexity index is 522. The third-order valence-corrected chi connectivity index (χ3v) is 3.93. The molecule has 0 radical (unpaired) electrons. The number of carbonyl (C=O) groups is 2. The van der Waals surface area contributed by atoms with Crippen molar-refractivity contribution in [3.05, 3.63) is 34.9 Å². The van der Waals surface area contributed by atoms with E-state index in [9.17, 15) is 9.59 Å². The van der Waals surface area contributed by atoms with Crippen LogP contribution in [0, 0.1) is 0 Å². The highest BCUT2D eigenvalue weighted by atomic mass is 16.5. The first-order chi connectivity index (χ1) is 11.7. The number of unbranched alkanes of at least 4 members (excludes halogenated alkanes) is 5. The molecule has 0 aromatic heterocycles. The Morgan fingerprint density at radius 2 is 1.46 bits per heavy atom. The van der Waals surface area contributed by atoms with Crippen LogP contribution in [0.3, 0.4) is 0 Å². The van der Waals surface area contributed by atoms with Crippen molar-refractivity contribution in [1.29, 1.82) is 0 Å². The normalized spacial score (nSPS) is 10.5. The fourth-order valence-electron chi connectivity index (χ4n) is 2.73. The molecule has 0 amide bonds. The van der Waals surface area contributed by atoms with Crippen LogP contribution in [0.15, 0.2) is 18.2 Å². The molecule has 1 aromatic rings. The molecule has 0 bridgehead atoms. The molecule has 0 aliphatic carbocycles. The molecule has 4 nitrogen and oxygen atoms in total. The topological polar surface area (TPSA) is 52.6 Å². The number of esters is 2. The predicted octanol–water partition coefficient (Wildman–Crippen LogP) is 4.94. The number of aryl methyl sites for hydroxylation is 1. The lowest BCUT2D eigenvalue weighted by atomic mass is 9.96. The highest BCUT2D eigenvalue weighted by Crippen LogP contribution is 2.20. The van der Waals surface area contributed by atoms with Crippen molar-refractivity contribution in [3.63, 3.8) is 0 Å². The van der Waals surface area contributed by atoms with Crippen molar-refractivity contribution in [1.82, 2.24) is 0 Å². The molecule has 134 valence electrons. The molecule has 24 heavy (non-hydrogen) atoms. The van der Waals surface area contributed by atoms with E-state index in [1.165, 1.54) is 25.7 Å². The first kappa shape index (κ1) is 20.2. The van der Waals surface area contributed by atoms with Gasteiger partial charge in [-0.1, -0.05) is 51.2 Å². The molecule has 0 spiro atoms. The van der Waals surface area contributed by atoms with E-state index in [0.29, 0.717) is 11.1 Å². The summed E-state index contributed by atoms with van der Waals surface area (Å²) in [5.41, 5.74) is 1.54. The van der Waals surface area contributed by atoms with Crippen molar-refractivity contribution in [2.75, 3.05) is 13.2 Å². The Morgan fingerprint density at radius 3 is 2.12 bits per heavy atom. The molecule has 1 rings (SSSR count). The van der Waals surface area contributed by atoms with Gasteiger partial charge in [0, 0.05) is 0 Å². The summed E-state index contributed by atoms with van der Waals surface area (Å²) >= 11 is 0. The van der Waals surface area contributed by atoms with Gasteiger partial charge in [-0.15, -0.1) is 0 Å². The summed E-state index contributed by atoms with van der Waals surface area (Å²) < 4.78 is 10.2. The van der Waals surface area contributed by atoms with E-state index in [1.54, 1.807) is 26.0 Å². The summed E-state index contributed by atoms with van der Waals surface area (Å²) in [7, 11) is 0. The van der Waals surface area contributed by atoms with Gasteiger partial charge in [0.15, 0.2) is 0 Å². The molecule has 0 saturated carbocycles. The fraction of sp³-hybridized carbons (Fsp3) is 0.600. The third kappa shape index (κ3) is 6.34.